The molecule has 2 heterocycles. The molecule has 5 nitrogen and oxygen atoms in total. The minimum absolute atomic E-state index is 0.278. The van der Waals surface area contributed by atoms with Gasteiger partial charge in [-0.25, -0.2) is 0 Å². The second-order valence-corrected chi connectivity index (χ2v) is 5.44. The van der Waals surface area contributed by atoms with Crippen LogP contribution in [0.2, 0.25) is 0 Å². The summed E-state index contributed by atoms with van der Waals surface area (Å²) >= 11 is 0. The van der Waals surface area contributed by atoms with Gasteiger partial charge in [0, 0.05) is 25.0 Å². The molecule has 1 aromatic rings. The summed E-state index contributed by atoms with van der Waals surface area (Å²) in [6.45, 7) is 6.29. The Kier molecular flexibility index (Phi) is 4.58. The molecule has 0 radical (unpaired) electrons. The van der Waals surface area contributed by atoms with Crippen LogP contribution in [0, 0.1) is 0 Å². The molecule has 18 heavy (non-hydrogen) atoms. The number of anilines is 1. The van der Waals surface area contributed by atoms with Gasteiger partial charge in [-0.1, -0.05) is 13.3 Å². The summed E-state index contributed by atoms with van der Waals surface area (Å²) in [4.78, 5) is 6.70. The van der Waals surface area contributed by atoms with Crippen LogP contribution in [0.3, 0.4) is 0 Å². The molecule has 5 heteroatoms. The van der Waals surface area contributed by atoms with E-state index in [4.69, 9.17) is 10.3 Å². The van der Waals surface area contributed by atoms with Crippen molar-refractivity contribution in [3.63, 3.8) is 0 Å². The van der Waals surface area contributed by atoms with Gasteiger partial charge in [-0.2, -0.15) is 4.98 Å². The average Bonchev–Trinajstić information content (AvgIpc) is 2.99. The summed E-state index contributed by atoms with van der Waals surface area (Å²) in [5, 5.41) is 4.08. The lowest BCUT2D eigenvalue weighted by Gasteiger charge is -2.10. The normalized spacial score (nSPS) is 19.2. The summed E-state index contributed by atoms with van der Waals surface area (Å²) in [5.41, 5.74) is 5.75. The summed E-state index contributed by atoms with van der Waals surface area (Å²) in [6.07, 6.45) is 5.68. The van der Waals surface area contributed by atoms with Crippen LogP contribution in [0.15, 0.2) is 4.52 Å². The van der Waals surface area contributed by atoms with Crippen molar-refractivity contribution < 1.29 is 4.52 Å². The van der Waals surface area contributed by atoms with Crippen molar-refractivity contribution >= 4 is 5.95 Å². The van der Waals surface area contributed by atoms with Gasteiger partial charge in [-0.3, -0.25) is 0 Å². The third-order valence-corrected chi connectivity index (χ3v) is 3.54. The number of hydrogen-bond acceptors (Lipinski definition) is 5. The summed E-state index contributed by atoms with van der Waals surface area (Å²) in [5.74, 6) is 1.86. The maximum absolute atomic E-state index is 5.75. The second kappa shape index (κ2) is 6.18. The van der Waals surface area contributed by atoms with Gasteiger partial charge < -0.3 is 15.2 Å². The van der Waals surface area contributed by atoms with Crippen molar-refractivity contribution in [3.05, 3.63) is 5.89 Å². The lowest BCUT2D eigenvalue weighted by molar-refractivity contribution is 0.349. The van der Waals surface area contributed by atoms with Gasteiger partial charge in [0.2, 0.25) is 5.89 Å². The number of hydrogen-bond donors (Lipinski definition) is 1. The highest BCUT2D eigenvalue weighted by atomic mass is 16.5. The fourth-order valence-electron chi connectivity index (χ4n) is 2.34. The van der Waals surface area contributed by atoms with E-state index in [0.29, 0.717) is 5.92 Å². The number of rotatable bonds is 6. The van der Waals surface area contributed by atoms with Crippen molar-refractivity contribution in [3.8, 4) is 0 Å². The predicted molar refractivity (Wildman–Crippen MR) is 71.7 cm³/mol. The molecule has 2 unspecified atom stereocenters. The van der Waals surface area contributed by atoms with Crippen molar-refractivity contribution in [2.45, 2.75) is 57.9 Å². The molecular weight excluding hydrogens is 228 g/mol. The van der Waals surface area contributed by atoms with E-state index in [1.807, 2.05) is 6.92 Å². The van der Waals surface area contributed by atoms with E-state index in [1.54, 1.807) is 0 Å². The molecule has 0 saturated carbocycles. The standard InChI is InChI=1S/C13H24N4O/c1-10(6-5-7-11(2)14)12-15-13(16-18-12)17-8-3-4-9-17/h10-11H,3-9,14H2,1-2H3. The van der Waals surface area contributed by atoms with Crippen LogP contribution < -0.4 is 10.6 Å². The summed E-state index contributed by atoms with van der Waals surface area (Å²) in [7, 11) is 0. The highest BCUT2D eigenvalue weighted by Gasteiger charge is 2.20. The van der Waals surface area contributed by atoms with Gasteiger partial charge in [-0.15, -0.1) is 0 Å². The Morgan fingerprint density at radius 1 is 1.28 bits per heavy atom. The largest absolute Gasteiger partial charge is 0.338 e. The van der Waals surface area contributed by atoms with Gasteiger partial charge in [0.25, 0.3) is 5.95 Å². The van der Waals surface area contributed by atoms with Crippen LogP contribution in [-0.2, 0) is 0 Å². The average molecular weight is 252 g/mol. The van der Waals surface area contributed by atoms with E-state index in [2.05, 4.69) is 22.0 Å². The van der Waals surface area contributed by atoms with Gasteiger partial charge in [0.05, 0.1) is 0 Å². The number of aromatic nitrogens is 2. The Hall–Kier alpha value is -1.10. The van der Waals surface area contributed by atoms with Crippen molar-refractivity contribution in [1.29, 1.82) is 0 Å². The Morgan fingerprint density at radius 2 is 2.00 bits per heavy atom. The smallest absolute Gasteiger partial charge is 0.266 e. The van der Waals surface area contributed by atoms with Crippen LogP contribution >= 0.6 is 0 Å². The topological polar surface area (TPSA) is 68.2 Å². The van der Waals surface area contributed by atoms with Crippen LogP contribution in [0.25, 0.3) is 0 Å². The molecule has 0 spiro atoms. The van der Waals surface area contributed by atoms with Crippen molar-refractivity contribution in [2.24, 2.45) is 5.73 Å². The van der Waals surface area contributed by atoms with Gasteiger partial charge in [0.1, 0.15) is 0 Å². The molecule has 1 aliphatic heterocycles. The van der Waals surface area contributed by atoms with Crippen LogP contribution in [-0.4, -0.2) is 29.3 Å². The SMILES string of the molecule is CC(N)CCCC(C)c1nc(N2CCCC2)no1. The first-order valence-corrected chi connectivity index (χ1v) is 7.01. The molecule has 1 aromatic heterocycles. The monoisotopic (exact) mass is 252 g/mol. The predicted octanol–water partition coefficient (Wildman–Crippen LogP) is 2.29. The molecule has 0 bridgehead atoms. The number of nitrogens with two attached hydrogens (primary N) is 1. The molecule has 2 atom stereocenters. The zero-order valence-corrected chi connectivity index (χ0v) is 11.4. The van der Waals surface area contributed by atoms with E-state index in [-0.39, 0.29) is 6.04 Å². The molecule has 0 amide bonds. The molecular formula is C13H24N4O. The fraction of sp³-hybridized carbons (Fsp3) is 0.846. The first kappa shape index (κ1) is 13.3. The van der Waals surface area contributed by atoms with E-state index in [9.17, 15) is 0 Å². The van der Waals surface area contributed by atoms with Crippen molar-refractivity contribution in [1.82, 2.24) is 10.1 Å². The minimum atomic E-state index is 0.278. The quantitative estimate of drug-likeness (QED) is 0.841. The van der Waals surface area contributed by atoms with E-state index in [1.165, 1.54) is 12.8 Å². The molecule has 1 saturated heterocycles. The maximum atomic E-state index is 5.75. The van der Waals surface area contributed by atoms with Crippen LogP contribution in [0.4, 0.5) is 5.95 Å². The fourth-order valence-corrected chi connectivity index (χ4v) is 2.34. The highest BCUT2D eigenvalue weighted by Crippen LogP contribution is 2.23. The van der Waals surface area contributed by atoms with Gasteiger partial charge in [0.15, 0.2) is 0 Å². The molecule has 1 fully saturated rings. The van der Waals surface area contributed by atoms with Gasteiger partial charge in [-0.05, 0) is 37.8 Å². The molecule has 1 aliphatic rings. The summed E-state index contributed by atoms with van der Waals surface area (Å²) in [6, 6.07) is 0.278. The highest BCUT2D eigenvalue weighted by molar-refractivity contribution is 5.29. The molecule has 102 valence electrons. The Balaban J connectivity index is 1.84. The van der Waals surface area contributed by atoms with Crippen molar-refractivity contribution in [2.75, 3.05) is 18.0 Å². The van der Waals surface area contributed by atoms with E-state index >= 15 is 0 Å². The molecule has 0 aromatic carbocycles. The van der Waals surface area contributed by atoms with Gasteiger partial charge >= 0.3 is 0 Å². The Morgan fingerprint density at radius 3 is 2.67 bits per heavy atom. The Labute approximate surface area is 109 Å². The third kappa shape index (κ3) is 3.45. The van der Waals surface area contributed by atoms with Crippen LogP contribution in [0.5, 0.6) is 0 Å². The zero-order valence-electron chi connectivity index (χ0n) is 11.4. The summed E-state index contributed by atoms with van der Waals surface area (Å²) < 4.78 is 5.36. The van der Waals surface area contributed by atoms with E-state index < -0.39 is 0 Å². The molecule has 2 N–H and O–H groups in total. The molecule has 2 rings (SSSR count). The first-order valence-electron chi connectivity index (χ1n) is 7.01. The van der Waals surface area contributed by atoms with Crippen LogP contribution in [0.1, 0.15) is 57.8 Å². The molecule has 0 aliphatic carbocycles. The second-order valence-electron chi connectivity index (χ2n) is 5.44. The van der Waals surface area contributed by atoms with E-state index in [0.717, 1.165) is 44.2 Å². The maximum Gasteiger partial charge on any atom is 0.266 e. The Bertz CT molecular complexity index is 358. The minimum Gasteiger partial charge on any atom is -0.338 e. The number of nitrogens with zero attached hydrogens (tertiary/aromatic N) is 3. The zero-order chi connectivity index (χ0) is 13.0. The lowest BCUT2D eigenvalue weighted by atomic mass is 10.0. The third-order valence-electron chi connectivity index (χ3n) is 3.54. The first-order chi connectivity index (χ1) is 8.66. The lowest BCUT2D eigenvalue weighted by Crippen LogP contribution is -2.19.